The van der Waals surface area contributed by atoms with E-state index in [0.29, 0.717) is 0 Å². The molecule has 0 saturated heterocycles. The zero-order valence-electron chi connectivity index (χ0n) is 11.4. The summed E-state index contributed by atoms with van der Waals surface area (Å²) in [5.74, 6) is 0. The summed E-state index contributed by atoms with van der Waals surface area (Å²) < 4.78 is 54.8. The van der Waals surface area contributed by atoms with Crippen LogP contribution in [0.15, 0.2) is 48.8 Å². The SMILES string of the molecule is O=S(=O)(O)O.[O]=[V]([OH])[OH].c1cnc2c(c1)ccc1cccnc12. The molecule has 0 atom stereocenters. The summed E-state index contributed by atoms with van der Waals surface area (Å²) in [6, 6.07) is 12.1. The summed E-state index contributed by atoms with van der Waals surface area (Å²) in [6.45, 7) is 0. The number of nitrogens with zero attached hydrogens (tertiary/aromatic N) is 2. The van der Waals surface area contributed by atoms with Gasteiger partial charge in [-0.25, -0.2) is 0 Å². The van der Waals surface area contributed by atoms with Gasteiger partial charge in [0.2, 0.25) is 0 Å². The first-order valence-corrected chi connectivity index (χ1v) is 9.03. The molecule has 9 nitrogen and oxygen atoms in total. The van der Waals surface area contributed by atoms with Crippen LogP contribution in [0.2, 0.25) is 0 Å². The first-order chi connectivity index (χ1) is 10.7. The third kappa shape index (κ3) is 7.86. The molecule has 23 heavy (non-hydrogen) atoms. The van der Waals surface area contributed by atoms with Crippen LogP contribution in [0.1, 0.15) is 0 Å². The van der Waals surface area contributed by atoms with Gasteiger partial charge in [0.15, 0.2) is 0 Å². The molecule has 0 amide bonds. The summed E-state index contributed by atoms with van der Waals surface area (Å²) in [7, 11) is -4.67. The first-order valence-electron chi connectivity index (χ1n) is 5.82. The Labute approximate surface area is 136 Å². The Kier molecular flexibility index (Phi) is 7.32. The summed E-state index contributed by atoms with van der Waals surface area (Å²) in [5, 5.41) is 2.28. The molecule has 3 rings (SSSR count). The number of hydrogen-bond donors (Lipinski definition) is 4. The Morgan fingerprint density at radius 2 is 1.13 bits per heavy atom. The van der Waals surface area contributed by atoms with E-state index in [2.05, 4.69) is 34.2 Å². The van der Waals surface area contributed by atoms with Crippen LogP contribution in [0.5, 0.6) is 0 Å². The molecule has 0 spiro atoms. The third-order valence-electron chi connectivity index (χ3n) is 2.34. The van der Waals surface area contributed by atoms with Crippen molar-refractivity contribution in [3.05, 3.63) is 48.8 Å². The van der Waals surface area contributed by atoms with Gasteiger partial charge < -0.3 is 0 Å². The molecule has 0 radical (unpaired) electrons. The van der Waals surface area contributed by atoms with Gasteiger partial charge in [-0.2, -0.15) is 8.42 Å². The Bertz CT molecular complexity index is 851. The molecule has 0 aliphatic carbocycles. The normalized spacial score (nSPS) is 10.3. The number of pyridine rings is 2. The largest absolute Gasteiger partial charge is 0.254 e. The molecular formula is C12H12N2O7SV. The first kappa shape index (κ1) is 19.3. The van der Waals surface area contributed by atoms with Crippen molar-refractivity contribution in [1.82, 2.24) is 9.97 Å². The minimum Gasteiger partial charge on any atom is -0.254 e. The molecule has 3 aromatic rings. The molecule has 0 aliphatic heterocycles. The molecule has 0 saturated carbocycles. The second kappa shape index (κ2) is 8.74. The Hall–Kier alpha value is -1.79. The monoisotopic (exact) mass is 379 g/mol. The van der Waals surface area contributed by atoms with Crippen molar-refractivity contribution in [2.75, 3.05) is 0 Å². The molecular weight excluding hydrogens is 367 g/mol. The van der Waals surface area contributed by atoms with Crippen molar-refractivity contribution < 1.29 is 45.1 Å². The molecule has 0 unspecified atom stereocenters. The molecule has 123 valence electrons. The van der Waals surface area contributed by atoms with Crippen molar-refractivity contribution >= 4 is 32.2 Å². The van der Waals surface area contributed by atoms with Crippen LogP contribution < -0.4 is 0 Å². The molecule has 2 aromatic heterocycles. The maximum Gasteiger partial charge on any atom is 0.0964 e. The maximum atomic E-state index is 8.78. The van der Waals surface area contributed by atoms with Crippen LogP contribution in [-0.2, 0) is 29.9 Å². The number of fused-ring (bicyclic) bond motifs is 3. The van der Waals surface area contributed by atoms with Crippen LogP contribution in [-0.4, -0.2) is 35.6 Å². The molecule has 0 bridgehead atoms. The van der Waals surface area contributed by atoms with Crippen molar-refractivity contribution in [1.29, 1.82) is 0 Å². The van der Waals surface area contributed by atoms with Crippen LogP contribution in [0, 0.1) is 0 Å². The van der Waals surface area contributed by atoms with E-state index in [9.17, 15) is 0 Å². The zero-order chi connectivity index (χ0) is 17.5. The predicted octanol–water partition coefficient (Wildman–Crippen LogP) is 0.895. The average molecular weight is 379 g/mol. The van der Waals surface area contributed by atoms with Gasteiger partial charge in [-0.05, 0) is 12.1 Å². The van der Waals surface area contributed by atoms with Gasteiger partial charge in [-0.15, -0.1) is 0 Å². The quantitative estimate of drug-likeness (QED) is 0.329. The summed E-state index contributed by atoms with van der Waals surface area (Å²) in [4.78, 5) is 8.69. The van der Waals surface area contributed by atoms with Gasteiger partial charge in [-0.3, -0.25) is 19.1 Å². The Morgan fingerprint density at radius 1 is 0.826 bits per heavy atom. The van der Waals surface area contributed by atoms with E-state index in [4.69, 9.17) is 29.3 Å². The number of hydrogen-bond acceptors (Lipinski definition) is 5. The minimum absolute atomic E-state index is 0.977. The number of benzene rings is 1. The topological polar surface area (TPSA) is 158 Å². The standard InChI is InChI=1S/C12H8N2.H2O4S.2H2O.O.V/c1-3-9-5-6-10-4-2-8-14-12(10)11(9)13-7-1;1-5(2,3)4;;;;/h1-8H;(H2,1,2,3,4);2*1H2;;/q;;;;;+2/p-2. The average Bonchev–Trinajstić information content (AvgIpc) is 2.45. The van der Waals surface area contributed by atoms with E-state index in [1.807, 2.05) is 12.1 Å². The fourth-order valence-corrected chi connectivity index (χ4v) is 1.68. The van der Waals surface area contributed by atoms with Crippen molar-refractivity contribution in [3.63, 3.8) is 0 Å². The third-order valence-corrected chi connectivity index (χ3v) is 2.34. The molecule has 2 heterocycles. The second-order valence-electron chi connectivity index (χ2n) is 3.92. The predicted molar refractivity (Wildman–Crippen MR) is 76.3 cm³/mol. The smallest absolute Gasteiger partial charge is 0.0964 e. The van der Waals surface area contributed by atoms with Crippen LogP contribution in [0.25, 0.3) is 21.8 Å². The zero-order valence-corrected chi connectivity index (χ0v) is 13.6. The van der Waals surface area contributed by atoms with E-state index >= 15 is 0 Å². The van der Waals surface area contributed by atoms with Crippen LogP contribution in [0.3, 0.4) is 0 Å². The summed E-state index contributed by atoms with van der Waals surface area (Å²) in [5.41, 5.74) is 1.95. The van der Waals surface area contributed by atoms with Gasteiger partial charge >= 0.3 is 37.9 Å². The molecule has 11 heteroatoms. The van der Waals surface area contributed by atoms with Crippen molar-refractivity contribution in [3.8, 4) is 0 Å². The van der Waals surface area contributed by atoms with E-state index in [1.54, 1.807) is 12.4 Å². The van der Waals surface area contributed by atoms with E-state index in [0.717, 1.165) is 21.8 Å². The summed E-state index contributed by atoms with van der Waals surface area (Å²) in [6.07, 6.45) is 3.60. The van der Waals surface area contributed by atoms with E-state index in [1.165, 1.54) is 0 Å². The Balaban J connectivity index is 0.000000248. The molecule has 1 aromatic carbocycles. The molecule has 4 N–H and O–H groups in total. The van der Waals surface area contributed by atoms with Crippen LogP contribution in [0.4, 0.5) is 0 Å². The second-order valence-corrected chi connectivity index (χ2v) is 5.60. The molecule has 0 aliphatic rings. The van der Waals surface area contributed by atoms with E-state index in [-0.39, 0.29) is 0 Å². The minimum atomic E-state index is -4.67. The molecule has 0 fully saturated rings. The maximum absolute atomic E-state index is 8.78. The fourth-order valence-electron chi connectivity index (χ4n) is 1.68. The van der Waals surface area contributed by atoms with Crippen molar-refractivity contribution in [2.45, 2.75) is 0 Å². The van der Waals surface area contributed by atoms with Crippen molar-refractivity contribution in [2.24, 2.45) is 0 Å². The van der Waals surface area contributed by atoms with Crippen LogP contribution >= 0.6 is 0 Å². The van der Waals surface area contributed by atoms with Gasteiger partial charge in [0.05, 0.1) is 11.0 Å². The van der Waals surface area contributed by atoms with Gasteiger partial charge in [-0.1, -0.05) is 24.3 Å². The van der Waals surface area contributed by atoms with E-state index < -0.39 is 26.2 Å². The van der Waals surface area contributed by atoms with Gasteiger partial charge in [0, 0.05) is 23.2 Å². The number of rotatable bonds is 0. The van der Waals surface area contributed by atoms with Gasteiger partial charge in [0.1, 0.15) is 0 Å². The van der Waals surface area contributed by atoms with Gasteiger partial charge in [0.25, 0.3) is 0 Å². The Morgan fingerprint density at radius 3 is 1.43 bits per heavy atom. The summed E-state index contributed by atoms with van der Waals surface area (Å²) >= 11 is -3.44. The number of aromatic nitrogens is 2. The fraction of sp³-hybridized carbons (Fsp3) is 0.